The largest absolute Gasteiger partial charge is 0.427 e. The number of anilines is 1. The standard InChI is InChI=1S/C9H8F3NO2/c1-5(14)15-6-2-3-8(13)7(4-6)9(10,11)12/h2-4H,13H2,1H3. The summed E-state index contributed by atoms with van der Waals surface area (Å²) in [5, 5.41) is 0. The Balaban J connectivity index is 3.11. The number of carbonyl (C=O) groups excluding carboxylic acids is 1. The molecular formula is C9H8F3NO2. The highest BCUT2D eigenvalue weighted by molar-refractivity contribution is 5.69. The van der Waals surface area contributed by atoms with Gasteiger partial charge in [-0.25, -0.2) is 0 Å². The van der Waals surface area contributed by atoms with Gasteiger partial charge >= 0.3 is 12.1 Å². The van der Waals surface area contributed by atoms with Gasteiger partial charge in [0.05, 0.1) is 5.56 Å². The van der Waals surface area contributed by atoms with Crippen molar-refractivity contribution in [2.75, 3.05) is 5.73 Å². The zero-order chi connectivity index (χ0) is 11.6. The maximum atomic E-state index is 12.3. The second-order valence-corrected chi connectivity index (χ2v) is 2.84. The van der Waals surface area contributed by atoms with Gasteiger partial charge in [0.25, 0.3) is 0 Å². The van der Waals surface area contributed by atoms with Crippen LogP contribution >= 0.6 is 0 Å². The van der Waals surface area contributed by atoms with Crippen molar-refractivity contribution in [3.8, 4) is 5.75 Å². The summed E-state index contributed by atoms with van der Waals surface area (Å²) < 4.78 is 41.5. The lowest BCUT2D eigenvalue weighted by molar-refractivity contribution is -0.138. The van der Waals surface area contributed by atoms with Crippen molar-refractivity contribution >= 4 is 11.7 Å². The van der Waals surface area contributed by atoms with Crippen LogP contribution in [-0.2, 0) is 11.0 Å². The Hall–Kier alpha value is -1.72. The van der Waals surface area contributed by atoms with Crippen molar-refractivity contribution in [3.63, 3.8) is 0 Å². The number of nitrogen functional groups attached to an aromatic ring is 1. The van der Waals surface area contributed by atoms with Crippen molar-refractivity contribution in [1.29, 1.82) is 0 Å². The monoisotopic (exact) mass is 219 g/mol. The van der Waals surface area contributed by atoms with Gasteiger partial charge in [0.1, 0.15) is 5.75 Å². The van der Waals surface area contributed by atoms with E-state index in [1.807, 2.05) is 0 Å². The molecule has 1 aromatic carbocycles. The summed E-state index contributed by atoms with van der Waals surface area (Å²) in [7, 11) is 0. The first kappa shape index (κ1) is 11.4. The van der Waals surface area contributed by atoms with Crippen molar-refractivity contribution in [1.82, 2.24) is 0 Å². The van der Waals surface area contributed by atoms with E-state index in [-0.39, 0.29) is 5.75 Å². The number of rotatable bonds is 1. The summed E-state index contributed by atoms with van der Waals surface area (Å²) in [5.74, 6) is -0.864. The van der Waals surface area contributed by atoms with E-state index in [1.54, 1.807) is 0 Å². The van der Waals surface area contributed by atoms with E-state index < -0.39 is 23.4 Å². The lowest BCUT2D eigenvalue weighted by atomic mass is 10.1. The topological polar surface area (TPSA) is 52.3 Å². The first-order valence-electron chi connectivity index (χ1n) is 3.96. The number of esters is 1. The predicted octanol–water partition coefficient (Wildman–Crippen LogP) is 2.21. The third kappa shape index (κ3) is 2.87. The van der Waals surface area contributed by atoms with Crippen molar-refractivity contribution < 1.29 is 22.7 Å². The Morgan fingerprint density at radius 2 is 2.00 bits per heavy atom. The van der Waals surface area contributed by atoms with Crippen LogP contribution in [0.2, 0.25) is 0 Å². The molecule has 0 saturated carbocycles. The first-order chi connectivity index (χ1) is 6.80. The van der Waals surface area contributed by atoms with E-state index in [9.17, 15) is 18.0 Å². The van der Waals surface area contributed by atoms with Gasteiger partial charge in [0.15, 0.2) is 0 Å². The van der Waals surface area contributed by atoms with E-state index in [4.69, 9.17) is 5.73 Å². The van der Waals surface area contributed by atoms with Crippen LogP contribution in [0, 0.1) is 0 Å². The molecule has 1 aromatic rings. The molecule has 0 atom stereocenters. The molecule has 0 amide bonds. The van der Waals surface area contributed by atoms with E-state index >= 15 is 0 Å². The highest BCUT2D eigenvalue weighted by atomic mass is 19.4. The van der Waals surface area contributed by atoms with Crippen LogP contribution in [0.4, 0.5) is 18.9 Å². The molecule has 3 nitrogen and oxygen atoms in total. The smallest absolute Gasteiger partial charge is 0.418 e. The number of ether oxygens (including phenoxy) is 1. The molecule has 0 spiro atoms. The van der Waals surface area contributed by atoms with Gasteiger partial charge in [0, 0.05) is 12.6 Å². The molecule has 0 fully saturated rings. The Labute approximate surface area is 83.6 Å². The minimum absolute atomic E-state index is 0.177. The lowest BCUT2D eigenvalue weighted by Crippen LogP contribution is -2.10. The van der Waals surface area contributed by atoms with Gasteiger partial charge in [-0.2, -0.15) is 13.2 Å². The van der Waals surface area contributed by atoms with Crippen LogP contribution in [0.5, 0.6) is 5.75 Å². The first-order valence-corrected chi connectivity index (χ1v) is 3.96. The van der Waals surface area contributed by atoms with E-state index in [0.717, 1.165) is 13.0 Å². The van der Waals surface area contributed by atoms with Crippen LogP contribution in [0.25, 0.3) is 0 Å². The molecule has 0 bridgehead atoms. The number of benzene rings is 1. The van der Waals surface area contributed by atoms with Gasteiger partial charge in [-0.3, -0.25) is 4.79 Å². The maximum Gasteiger partial charge on any atom is 0.418 e. The van der Waals surface area contributed by atoms with Crippen LogP contribution < -0.4 is 10.5 Å². The molecule has 0 aliphatic heterocycles. The molecule has 0 radical (unpaired) electrons. The molecule has 0 saturated heterocycles. The highest BCUT2D eigenvalue weighted by Crippen LogP contribution is 2.35. The molecule has 0 aliphatic rings. The Kier molecular flexibility index (Phi) is 2.88. The number of alkyl halides is 3. The van der Waals surface area contributed by atoms with Crippen LogP contribution in [0.1, 0.15) is 12.5 Å². The quantitative estimate of drug-likeness (QED) is 0.447. The number of carbonyl (C=O) groups is 1. The second kappa shape index (κ2) is 3.80. The number of halogens is 3. The highest BCUT2D eigenvalue weighted by Gasteiger charge is 2.33. The average molecular weight is 219 g/mol. The summed E-state index contributed by atoms with van der Waals surface area (Å²) in [5.41, 5.74) is 3.73. The molecule has 0 unspecified atom stereocenters. The van der Waals surface area contributed by atoms with E-state index in [1.165, 1.54) is 6.07 Å². The summed E-state index contributed by atoms with van der Waals surface area (Å²) in [6, 6.07) is 2.93. The SMILES string of the molecule is CC(=O)Oc1ccc(N)c(C(F)(F)F)c1. The normalized spacial score (nSPS) is 11.2. The molecule has 6 heteroatoms. The fourth-order valence-corrected chi connectivity index (χ4v) is 1.01. The van der Waals surface area contributed by atoms with Gasteiger partial charge in [-0.15, -0.1) is 0 Å². The minimum Gasteiger partial charge on any atom is -0.427 e. The fourth-order valence-electron chi connectivity index (χ4n) is 1.01. The molecule has 0 aliphatic carbocycles. The van der Waals surface area contributed by atoms with Gasteiger partial charge in [0.2, 0.25) is 0 Å². The summed E-state index contributed by atoms with van der Waals surface area (Å²) in [6.07, 6.45) is -4.56. The summed E-state index contributed by atoms with van der Waals surface area (Å²) >= 11 is 0. The summed E-state index contributed by atoms with van der Waals surface area (Å²) in [4.78, 5) is 10.5. The molecule has 2 N–H and O–H groups in total. The van der Waals surface area contributed by atoms with Gasteiger partial charge in [-0.05, 0) is 18.2 Å². The van der Waals surface area contributed by atoms with Crippen molar-refractivity contribution in [2.24, 2.45) is 0 Å². The van der Waals surface area contributed by atoms with E-state index in [2.05, 4.69) is 4.74 Å². The van der Waals surface area contributed by atoms with Gasteiger partial charge < -0.3 is 10.5 Å². The maximum absolute atomic E-state index is 12.3. The van der Waals surface area contributed by atoms with Crippen molar-refractivity contribution in [3.05, 3.63) is 23.8 Å². The molecular weight excluding hydrogens is 211 g/mol. The summed E-state index contributed by atoms with van der Waals surface area (Å²) in [6.45, 7) is 1.10. The number of hydrogen-bond acceptors (Lipinski definition) is 3. The zero-order valence-corrected chi connectivity index (χ0v) is 7.76. The van der Waals surface area contributed by atoms with Crippen LogP contribution in [0.15, 0.2) is 18.2 Å². The van der Waals surface area contributed by atoms with Crippen LogP contribution in [-0.4, -0.2) is 5.97 Å². The molecule has 15 heavy (non-hydrogen) atoms. The number of nitrogens with two attached hydrogens (primary N) is 1. The van der Waals surface area contributed by atoms with Crippen LogP contribution in [0.3, 0.4) is 0 Å². The zero-order valence-electron chi connectivity index (χ0n) is 7.76. The lowest BCUT2D eigenvalue weighted by Gasteiger charge is -2.11. The predicted molar refractivity (Wildman–Crippen MR) is 47.2 cm³/mol. The van der Waals surface area contributed by atoms with E-state index in [0.29, 0.717) is 6.07 Å². The molecule has 82 valence electrons. The average Bonchev–Trinajstić information content (AvgIpc) is 2.05. The third-order valence-electron chi connectivity index (χ3n) is 1.59. The molecule has 1 rings (SSSR count). The fraction of sp³-hybridized carbons (Fsp3) is 0.222. The Bertz CT molecular complexity index is 387. The van der Waals surface area contributed by atoms with Gasteiger partial charge in [-0.1, -0.05) is 0 Å². The second-order valence-electron chi connectivity index (χ2n) is 2.84. The number of hydrogen-bond donors (Lipinski definition) is 1. The minimum atomic E-state index is -4.56. The Morgan fingerprint density at radius 1 is 1.40 bits per heavy atom. The molecule has 0 heterocycles. The molecule has 0 aromatic heterocycles. The Morgan fingerprint density at radius 3 is 2.47 bits per heavy atom. The van der Waals surface area contributed by atoms with Crippen molar-refractivity contribution in [2.45, 2.75) is 13.1 Å². The third-order valence-corrected chi connectivity index (χ3v) is 1.59.